The molecule has 0 aliphatic heterocycles. The molecule has 2 aliphatic rings. The van der Waals surface area contributed by atoms with Gasteiger partial charge in [-0.25, -0.2) is 9.59 Å². The van der Waals surface area contributed by atoms with Crippen molar-refractivity contribution in [2.75, 3.05) is 0 Å². The number of ether oxygens (including phenoxy) is 2. The van der Waals surface area contributed by atoms with Crippen LogP contribution in [-0.4, -0.2) is 46.9 Å². The number of amides is 1. The van der Waals surface area contributed by atoms with E-state index in [1.807, 2.05) is 18.2 Å². The normalized spacial score (nSPS) is 17.6. The third-order valence-electron chi connectivity index (χ3n) is 6.53. The highest BCUT2D eigenvalue weighted by Gasteiger charge is 2.26. The van der Waals surface area contributed by atoms with Crippen LogP contribution >= 0.6 is 0 Å². The molecule has 1 amide bonds. The van der Waals surface area contributed by atoms with Gasteiger partial charge in [0.25, 0.3) is 0 Å². The Bertz CT molecular complexity index is 795. The third-order valence-corrected chi connectivity index (χ3v) is 6.53. The van der Waals surface area contributed by atoms with Crippen molar-refractivity contribution >= 4 is 18.0 Å². The Labute approximate surface area is 221 Å². The molecular formula is C29H46N2O6. The number of carboxylic acid groups (broad SMARTS) is 1. The van der Waals surface area contributed by atoms with E-state index in [1.165, 1.54) is 64.2 Å². The van der Waals surface area contributed by atoms with Crippen LogP contribution < -0.4 is 10.6 Å². The van der Waals surface area contributed by atoms with Gasteiger partial charge in [0, 0.05) is 18.5 Å². The van der Waals surface area contributed by atoms with E-state index < -0.39 is 29.7 Å². The summed E-state index contributed by atoms with van der Waals surface area (Å²) in [5, 5.41) is 15.0. The number of carbonyl (C=O) groups is 3. The first-order valence-electron chi connectivity index (χ1n) is 13.8. The zero-order valence-corrected chi connectivity index (χ0v) is 22.8. The third kappa shape index (κ3) is 14.1. The van der Waals surface area contributed by atoms with E-state index in [2.05, 4.69) is 10.6 Å². The number of esters is 1. The van der Waals surface area contributed by atoms with Crippen molar-refractivity contribution in [2.45, 2.75) is 128 Å². The predicted molar refractivity (Wildman–Crippen MR) is 143 cm³/mol. The maximum atomic E-state index is 12.1. The van der Waals surface area contributed by atoms with E-state index in [4.69, 9.17) is 14.6 Å². The largest absolute Gasteiger partial charge is 0.481 e. The molecule has 0 bridgehead atoms. The van der Waals surface area contributed by atoms with E-state index in [-0.39, 0.29) is 19.4 Å². The molecule has 3 N–H and O–H groups in total. The van der Waals surface area contributed by atoms with Gasteiger partial charge in [-0.3, -0.25) is 4.79 Å². The van der Waals surface area contributed by atoms with Gasteiger partial charge in [0.15, 0.2) is 0 Å². The average molecular weight is 519 g/mol. The summed E-state index contributed by atoms with van der Waals surface area (Å²) in [5.74, 6) is -1.77. The van der Waals surface area contributed by atoms with Crippen LogP contribution in [0.1, 0.15) is 103 Å². The van der Waals surface area contributed by atoms with Gasteiger partial charge in [-0.05, 0) is 58.4 Å². The molecule has 2 fully saturated rings. The summed E-state index contributed by atoms with van der Waals surface area (Å²) in [6.45, 7) is 5.10. The molecular weight excluding hydrogens is 472 g/mol. The Hall–Kier alpha value is -2.61. The van der Waals surface area contributed by atoms with Crippen LogP contribution in [0.15, 0.2) is 30.3 Å². The highest BCUT2D eigenvalue weighted by Crippen LogP contribution is 2.22. The number of hydrogen-bond donors (Lipinski definition) is 3. The zero-order valence-electron chi connectivity index (χ0n) is 22.8. The van der Waals surface area contributed by atoms with Crippen molar-refractivity contribution in [2.24, 2.45) is 0 Å². The summed E-state index contributed by atoms with van der Waals surface area (Å²) in [7, 11) is 0. The SMILES string of the molecule is C1CCC(NC2CCCCC2)CC1.CC(C)(C)OC(=O)N[C@H](CCC(=O)O)C(=O)OCc1ccccc1. The molecule has 0 heterocycles. The van der Waals surface area contributed by atoms with Gasteiger partial charge in [0.05, 0.1) is 0 Å². The predicted octanol–water partition coefficient (Wildman–Crippen LogP) is 5.73. The minimum atomic E-state index is -1.08. The van der Waals surface area contributed by atoms with Crippen LogP contribution in [0.4, 0.5) is 4.79 Å². The smallest absolute Gasteiger partial charge is 0.408 e. The first-order valence-corrected chi connectivity index (χ1v) is 13.8. The first kappa shape index (κ1) is 30.6. The second-order valence-corrected chi connectivity index (χ2v) is 11.1. The van der Waals surface area contributed by atoms with Crippen molar-refractivity contribution in [1.29, 1.82) is 0 Å². The lowest BCUT2D eigenvalue weighted by Gasteiger charge is -2.30. The fourth-order valence-electron chi connectivity index (χ4n) is 4.67. The molecule has 8 heteroatoms. The molecule has 2 saturated carbocycles. The van der Waals surface area contributed by atoms with Crippen LogP contribution in [0, 0.1) is 0 Å². The number of rotatable bonds is 9. The summed E-state index contributed by atoms with van der Waals surface area (Å²) in [6.07, 6.45) is 13.4. The molecule has 1 aromatic rings. The standard InChI is InChI=1S/C17H23NO6.C12H23N/c1-17(2,3)24-16(22)18-13(9-10-14(19)20)15(21)23-11-12-7-5-4-6-8-12;1-3-7-11(8-4-1)13-12-9-5-2-6-10-12/h4-8,13H,9-11H2,1-3H3,(H,18,22)(H,19,20);11-13H,1-10H2/t13-;/m1./s1. The van der Waals surface area contributed by atoms with E-state index in [0.717, 1.165) is 17.6 Å². The zero-order chi connectivity index (χ0) is 27.1. The van der Waals surface area contributed by atoms with Gasteiger partial charge in [0.2, 0.25) is 0 Å². The summed E-state index contributed by atoms with van der Waals surface area (Å²) in [4.78, 5) is 34.7. The molecule has 1 atom stereocenters. The van der Waals surface area contributed by atoms with Gasteiger partial charge in [-0.15, -0.1) is 0 Å². The Morgan fingerprint density at radius 2 is 1.46 bits per heavy atom. The molecule has 3 rings (SSSR count). The topological polar surface area (TPSA) is 114 Å². The van der Waals surface area contributed by atoms with Gasteiger partial charge in [0.1, 0.15) is 18.2 Å². The molecule has 0 unspecified atom stereocenters. The van der Waals surface area contributed by atoms with Crippen LogP contribution in [-0.2, 0) is 25.7 Å². The summed E-state index contributed by atoms with van der Waals surface area (Å²) >= 11 is 0. The lowest BCUT2D eigenvalue weighted by atomic mass is 9.91. The van der Waals surface area contributed by atoms with Crippen molar-refractivity contribution in [3.8, 4) is 0 Å². The van der Waals surface area contributed by atoms with E-state index >= 15 is 0 Å². The number of hydrogen-bond acceptors (Lipinski definition) is 6. The van der Waals surface area contributed by atoms with Gasteiger partial charge >= 0.3 is 18.0 Å². The molecule has 0 saturated heterocycles. The maximum absolute atomic E-state index is 12.1. The maximum Gasteiger partial charge on any atom is 0.408 e. The molecule has 1 aromatic carbocycles. The number of nitrogens with one attached hydrogen (secondary N) is 2. The number of alkyl carbamates (subject to hydrolysis) is 1. The average Bonchev–Trinajstić information content (AvgIpc) is 2.86. The van der Waals surface area contributed by atoms with Crippen LogP contribution in [0.3, 0.4) is 0 Å². The Morgan fingerprint density at radius 3 is 1.95 bits per heavy atom. The molecule has 37 heavy (non-hydrogen) atoms. The molecule has 8 nitrogen and oxygen atoms in total. The Morgan fingerprint density at radius 1 is 0.919 bits per heavy atom. The van der Waals surface area contributed by atoms with Crippen molar-refractivity contribution < 1.29 is 29.0 Å². The minimum absolute atomic E-state index is 0.0409. The van der Waals surface area contributed by atoms with Crippen LogP contribution in [0.2, 0.25) is 0 Å². The molecule has 2 aliphatic carbocycles. The fourth-order valence-corrected chi connectivity index (χ4v) is 4.67. The second-order valence-electron chi connectivity index (χ2n) is 11.1. The minimum Gasteiger partial charge on any atom is -0.481 e. The fraction of sp³-hybridized carbons (Fsp3) is 0.690. The monoisotopic (exact) mass is 518 g/mol. The van der Waals surface area contributed by atoms with Gasteiger partial charge in [-0.1, -0.05) is 68.9 Å². The van der Waals surface area contributed by atoms with Crippen molar-refractivity contribution in [3.05, 3.63) is 35.9 Å². The van der Waals surface area contributed by atoms with E-state index in [9.17, 15) is 14.4 Å². The van der Waals surface area contributed by atoms with E-state index in [1.54, 1.807) is 32.9 Å². The Balaban J connectivity index is 0.000000308. The molecule has 208 valence electrons. The number of carboxylic acids is 1. The quantitative estimate of drug-likeness (QED) is 0.358. The molecule has 0 aromatic heterocycles. The summed E-state index contributed by atoms with van der Waals surface area (Å²) in [6, 6.07) is 9.70. The Kier molecular flexibility index (Phi) is 13.5. The van der Waals surface area contributed by atoms with Crippen molar-refractivity contribution in [1.82, 2.24) is 10.6 Å². The van der Waals surface area contributed by atoms with Crippen LogP contribution in [0.5, 0.6) is 0 Å². The number of aliphatic carboxylic acids is 1. The molecule has 0 spiro atoms. The number of carbonyl (C=O) groups excluding carboxylic acids is 2. The first-order chi connectivity index (χ1) is 17.6. The highest BCUT2D eigenvalue weighted by molar-refractivity contribution is 5.82. The van der Waals surface area contributed by atoms with E-state index in [0.29, 0.717) is 0 Å². The highest BCUT2D eigenvalue weighted by atomic mass is 16.6. The second kappa shape index (κ2) is 16.3. The number of benzene rings is 1. The molecule has 0 radical (unpaired) electrons. The van der Waals surface area contributed by atoms with Gasteiger partial charge < -0.3 is 25.2 Å². The lowest BCUT2D eigenvalue weighted by Crippen LogP contribution is -2.44. The van der Waals surface area contributed by atoms with Gasteiger partial charge in [-0.2, -0.15) is 0 Å². The summed E-state index contributed by atoms with van der Waals surface area (Å²) in [5.41, 5.74) is 0.0650. The van der Waals surface area contributed by atoms with Crippen LogP contribution in [0.25, 0.3) is 0 Å². The lowest BCUT2D eigenvalue weighted by molar-refractivity contribution is -0.148. The van der Waals surface area contributed by atoms with Crippen molar-refractivity contribution in [3.63, 3.8) is 0 Å². The summed E-state index contributed by atoms with van der Waals surface area (Å²) < 4.78 is 10.2.